The molecule has 0 heterocycles. The highest BCUT2D eigenvalue weighted by Gasteiger charge is 2.00. The second-order valence-electron chi connectivity index (χ2n) is 5.02. The zero-order valence-electron chi connectivity index (χ0n) is 11.4. The molecule has 0 spiro atoms. The van der Waals surface area contributed by atoms with Gasteiger partial charge in [0.25, 0.3) is 0 Å². The van der Waals surface area contributed by atoms with E-state index in [0.29, 0.717) is 19.1 Å². The van der Waals surface area contributed by atoms with Crippen LogP contribution in [0.2, 0.25) is 0 Å². The van der Waals surface area contributed by atoms with Gasteiger partial charge in [-0.3, -0.25) is 0 Å². The minimum atomic E-state index is -0.220. The van der Waals surface area contributed by atoms with Crippen molar-refractivity contribution in [2.45, 2.75) is 33.0 Å². The second kappa shape index (κ2) is 6.48. The molecule has 2 aromatic rings. The van der Waals surface area contributed by atoms with Gasteiger partial charge in [-0.1, -0.05) is 50.2 Å². The summed E-state index contributed by atoms with van der Waals surface area (Å²) >= 11 is 0. The van der Waals surface area contributed by atoms with Crippen LogP contribution in [0.5, 0.6) is 0 Å². The van der Waals surface area contributed by atoms with Gasteiger partial charge in [-0.15, -0.1) is 0 Å². The van der Waals surface area contributed by atoms with Crippen LogP contribution in [0.25, 0.3) is 0 Å². The second-order valence-corrected chi connectivity index (χ2v) is 5.02. The van der Waals surface area contributed by atoms with Crippen molar-refractivity contribution in [1.82, 2.24) is 0 Å². The van der Waals surface area contributed by atoms with Crippen molar-refractivity contribution < 1.29 is 9.13 Å². The summed E-state index contributed by atoms with van der Waals surface area (Å²) in [5.41, 5.74) is 3.33. The Bertz CT molecular complexity index is 517. The van der Waals surface area contributed by atoms with E-state index in [4.69, 9.17) is 4.74 Å². The van der Waals surface area contributed by atoms with E-state index in [1.165, 1.54) is 17.7 Å². The predicted octanol–water partition coefficient (Wildman–Crippen LogP) is 4.67. The third-order valence-electron chi connectivity index (χ3n) is 3.07. The Morgan fingerprint density at radius 2 is 1.63 bits per heavy atom. The Hall–Kier alpha value is -1.67. The molecular formula is C17H19FO. The van der Waals surface area contributed by atoms with Crippen molar-refractivity contribution in [1.29, 1.82) is 0 Å². The first-order valence-corrected chi connectivity index (χ1v) is 6.56. The van der Waals surface area contributed by atoms with Crippen LogP contribution < -0.4 is 0 Å². The van der Waals surface area contributed by atoms with Crippen LogP contribution in [0.3, 0.4) is 0 Å². The monoisotopic (exact) mass is 258 g/mol. The van der Waals surface area contributed by atoms with Crippen LogP contribution in [0.4, 0.5) is 4.39 Å². The van der Waals surface area contributed by atoms with Gasteiger partial charge in [-0.25, -0.2) is 4.39 Å². The number of ether oxygens (including phenoxy) is 1. The summed E-state index contributed by atoms with van der Waals surface area (Å²) in [6.07, 6.45) is 0. The maximum atomic E-state index is 13.0. The van der Waals surface area contributed by atoms with E-state index >= 15 is 0 Å². The number of rotatable bonds is 5. The molecule has 0 bridgehead atoms. The standard InChI is InChI=1S/C17H19FO/c1-13(2)16-8-6-14(7-9-16)11-19-12-15-4-3-5-17(18)10-15/h3-10,13H,11-12H2,1-2H3. The minimum absolute atomic E-state index is 0.220. The molecule has 0 saturated carbocycles. The van der Waals surface area contributed by atoms with Gasteiger partial charge in [-0.05, 0) is 34.7 Å². The van der Waals surface area contributed by atoms with Crippen LogP contribution in [0.1, 0.15) is 36.5 Å². The molecule has 0 amide bonds. The summed E-state index contributed by atoms with van der Waals surface area (Å²) in [6, 6.07) is 14.9. The van der Waals surface area contributed by atoms with Gasteiger partial charge >= 0.3 is 0 Å². The number of halogens is 1. The average Bonchev–Trinajstić information content (AvgIpc) is 2.39. The molecule has 0 fully saturated rings. The maximum absolute atomic E-state index is 13.0. The molecule has 0 N–H and O–H groups in total. The molecular weight excluding hydrogens is 239 g/mol. The Morgan fingerprint density at radius 3 is 2.26 bits per heavy atom. The van der Waals surface area contributed by atoms with Crippen LogP contribution in [0, 0.1) is 5.82 Å². The van der Waals surface area contributed by atoms with Crippen LogP contribution >= 0.6 is 0 Å². The summed E-state index contributed by atoms with van der Waals surface area (Å²) in [6.45, 7) is 5.34. The molecule has 0 aromatic heterocycles. The van der Waals surface area contributed by atoms with Crippen molar-refractivity contribution in [2.24, 2.45) is 0 Å². The summed E-state index contributed by atoms with van der Waals surface area (Å²) in [5, 5.41) is 0. The number of benzene rings is 2. The molecule has 0 radical (unpaired) electrons. The first kappa shape index (κ1) is 13.8. The molecule has 2 rings (SSSR count). The average molecular weight is 258 g/mol. The zero-order valence-corrected chi connectivity index (χ0v) is 11.4. The molecule has 2 aromatic carbocycles. The van der Waals surface area contributed by atoms with E-state index in [-0.39, 0.29) is 5.82 Å². The zero-order chi connectivity index (χ0) is 13.7. The van der Waals surface area contributed by atoms with Crippen molar-refractivity contribution in [2.75, 3.05) is 0 Å². The molecule has 0 aliphatic rings. The third-order valence-corrected chi connectivity index (χ3v) is 3.07. The normalized spacial score (nSPS) is 10.9. The van der Waals surface area contributed by atoms with Crippen molar-refractivity contribution in [3.8, 4) is 0 Å². The molecule has 0 aliphatic heterocycles. The number of hydrogen-bond acceptors (Lipinski definition) is 1. The van der Waals surface area contributed by atoms with E-state index in [2.05, 4.69) is 38.1 Å². The summed E-state index contributed by atoms with van der Waals surface area (Å²) in [4.78, 5) is 0. The largest absolute Gasteiger partial charge is 0.372 e. The first-order valence-electron chi connectivity index (χ1n) is 6.56. The molecule has 0 atom stereocenters. The predicted molar refractivity (Wildman–Crippen MR) is 75.4 cm³/mol. The Labute approximate surface area is 114 Å². The minimum Gasteiger partial charge on any atom is -0.372 e. The van der Waals surface area contributed by atoms with Crippen LogP contribution in [-0.4, -0.2) is 0 Å². The lowest BCUT2D eigenvalue weighted by Gasteiger charge is -2.08. The van der Waals surface area contributed by atoms with Gasteiger partial charge in [0.2, 0.25) is 0 Å². The highest BCUT2D eigenvalue weighted by atomic mass is 19.1. The summed E-state index contributed by atoms with van der Waals surface area (Å²) < 4.78 is 18.6. The molecule has 0 aliphatic carbocycles. The number of hydrogen-bond donors (Lipinski definition) is 0. The fourth-order valence-electron chi connectivity index (χ4n) is 1.91. The van der Waals surface area contributed by atoms with E-state index < -0.39 is 0 Å². The van der Waals surface area contributed by atoms with Gasteiger partial charge in [0, 0.05) is 0 Å². The fraction of sp³-hybridized carbons (Fsp3) is 0.294. The SMILES string of the molecule is CC(C)c1ccc(COCc2cccc(F)c2)cc1. The van der Waals surface area contributed by atoms with Gasteiger partial charge in [0.05, 0.1) is 13.2 Å². The van der Waals surface area contributed by atoms with E-state index in [1.54, 1.807) is 6.07 Å². The Morgan fingerprint density at radius 1 is 0.947 bits per heavy atom. The molecule has 0 saturated heterocycles. The van der Waals surface area contributed by atoms with E-state index in [1.807, 2.05) is 6.07 Å². The highest BCUT2D eigenvalue weighted by Crippen LogP contribution is 2.15. The quantitative estimate of drug-likeness (QED) is 0.757. The topological polar surface area (TPSA) is 9.23 Å². The van der Waals surface area contributed by atoms with Crippen LogP contribution in [0.15, 0.2) is 48.5 Å². The lowest BCUT2D eigenvalue weighted by Crippen LogP contribution is -1.95. The highest BCUT2D eigenvalue weighted by molar-refractivity contribution is 5.24. The fourth-order valence-corrected chi connectivity index (χ4v) is 1.91. The van der Waals surface area contributed by atoms with Crippen molar-refractivity contribution >= 4 is 0 Å². The van der Waals surface area contributed by atoms with Gasteiger partial charge in [0.1, 0.15) is 5.82 Å². The summed E-state index contributed by atoms with van der Waals surface area (Å²) in [7, 11) is 0. The smallest absolute Gasteiger partial charge is 0.123 e. The Balaban J connectivity index is 1.85. The molecule has 19 heavy (non-hydrogen) atoms. The van der Waals surface area contributed by atoms with E-state index in [9.17, 15) is 4.39 Å². The van der Waals surface area contributed by atoms with Crippen molar-refractivity contribution in [3.63, 3.8) is 0 Å². The van der Waals surface area contributed by atoms with Gasteiger partial charge < -0.3 is 4.74 Å². The lowest BCUT2D eigenvalue weighted by molar-refractivity contribution is 0.107. The van der Waals surface area contributed by atoms with Gasteiger partial charge in [0.15, 0.2) is 0 Å². The first-order chi connectivity index (χ1) is 9.15. The summed E-state index contributed by atoms with van der Waals surface area (Å²) in [5.74, 6) is 0.324. The van der Waals surface area contributed by atoms with Crippen LogP contribution in [-0.2, 0) is 18.0 Å². The molecule has 0 unspecified atom stereocenters. The maximum Gasteiger partial charge on any atom is 0.123 e. The molecule has 2 heteroatoms. The lowest BCUT2D eigenvalue weighted by atomic mass is 10.0. The Kier molecular flexibility index (Phi) is 4.69. The molecule has 1 nitrogen and oxygen atoms in total. The van der Waals surface area contributed by atoms with E-state index in [0.717, 1.165) is 11.1 Å². The third kappa shape index (κ3) is 4.18. The van der Waals surface area contributed by atoms with Crippen molar-refractivity contribution in [3.05, 3.63) is 71.0 Å². The van der Waals surface area contributed by atoms with Gasteiger partial charge in [-0.2, -0.15) is 0 Å². The molecule has 100 valence electrons.